The molecule has 1 N–H and O–H groups in total. The van der Waals surface area contributed by atoms with E-state index < -0.39 is 0 Å². The number of aromatic nitrogens is 3. The van der Waals surface area contributed by atoms with Gasteiger partial charge in [0.05, 0.1) is 0 Å². The Morgan fingerprint density at radius 3 is 2.70 bits per heavy atom. The highest BCUT2D eigenvalue weighted by atomic mass is 19.1. The van der Waals surface area contributed by atoms with Crippen molar-refractivity contribution in [3.05, 3.63) is 54.6 Å². The van der Waals surface area contributed by atoms with E-state index in [4.69, 9.17) is 4.74 Å². The third-order valence-electron chi connectivity index (χ3n) is 3.95. The van der Waals surface area contributed by atoms with Gasteiger partial charge in [-0.2, -0.15) is 5.10 Å². The summed E-state index contributed by atoms with van der Waals surface area (Å²) >= 11 is 0. The Morgan fingerprint density at radius 2 is 2.00 bits per heavy atom. The number of pyridine rings is 1. The number of rotatable bonds is 7. The van der Waals surface area contributed by atoms with E-state index in [1.807, 2.05) is 16.9 Å². The number of nitrogens with zero attached hydrogens (tertiary/aromatic N) is 3. The lowest BCUT2D eigenvalue weighted by molar-refractivity contribution is -0.119. The molecule has 0 aliphatic carbocycles. The van der Waals surface area contributed by atoms with Crippen molar-refractivity contribution in [2.45, 2.75) is 19.9 Å². The molecule has 0 saturated carbocycles. The van der Waals surface area contributed by atoms with E-state index in [1.54, 1.807) is 24.4 Å². The summed E-state index contributed by atoms with van der Waals surface area (Å²) in [6.45, 7) is 2.81. The third-order valence-corrected chi connectivity index (χ3v) is 3.95. The average molecular weight is 368 g/mol. The zero-order valence-corrected chi connectivity index (χ0v) is 15.3. The fourth-order valence-corrected chi connectivity index (χ4v) is 2.77. The molecular weight excluding hydrogens is 347 g/mol. The number of halogens is 1. The Hall–Kier alpha value is -3.06. The molecule has 0 aliphatic heterocycles. The van der Waals surface area contributed by atoms with Gasteiger partial charge < -0.3 is 10.1 Å². The van der Waals surface area contributed by atoms with Crippen LogP contribution in [0, 0.1) is 5.82 Å². The number of amides is 1. The Morgan fingerprint density at radius 1 is 1.22 bits per heavy atom. The van der Waals surface area contributed by atoms with E-state index in [2.05, 4.69) is 22.3 Å². The molecule has 2 aromatic heterocycles. The van der Waals surface area contributed by atoms with Crippen LogP contribution in [0.3, 0.4) is 0 Å². The maximum Gasteiger partial charge on any atom is 0.251 e. The molecule has 0 unspecified atom stereocenters. The minimum absolute atomic E-state index is 0.0405. The zero-order chi connectivity index (χ0) is 19.2. The minimum atomic E-state index is -0.291. The van der Waals surface area contributed by atoms with E-state index in [9.17, 15) is 9.18 Å². The van der Waals surface area contributed by atoms with Crippen molar-refractivity contribution in [3.63, 3.8) is 0 Å². The summed E-state index contributed by atoms with van der Waals surface area (Å²) in [6.07, 6.45) is 4.53. The van der Waals surface area contributed by atoms with Crippen molar-refractivity contribution in [3.8, 4) is 22.4 Å². The van der Waals surface area contributed by atoms with Crippen molar-refractivity contribution in [2.24, 2.45) is 0 Å². The van der Waals surface area contributed by atoms with Crippen LogP contribution in [0.15, 0.2) is 48.8 Å². The van der Waals surface area contributed by atoms with Crippen molar-refractivity contribution in [2.75, 3.05) is 19.0 Å². The van der Waals surface area contributed by atoms with Gasteiger partial charge in [-0.15, -0.1) is 0 Å². The Kier molecular flexibility index (Phi) is 5.93. The highest BCUT2D eigenvalue weighted by Gasteiger charge is 2.14. The second kappa shape index (κ2) is 8.55. The van der Waals surface area contributed by atoms with E-state index in [0.29, 0.717) is 5.82 Å². The molecule has 140 valence electrons. The summed E-state index contributed by atoms with van der Waals surface area (Å²) < 4.78 is 20.0. The number of aryl methyl sites for hydroxylation is 1. The fraction of sp³-hybridized carbons (Fsp3) is 0.250. The summed E-state index contributed by atoms with van der Waals surface area (Å²) in [5.74, 6) is -0.134. The molecular formula is C20H21FN4O2. The summed E-state index contributed by atoms with van der Waals surface area (Å²) in [4.78, 5) is 15.9. The lowest BCUT2D eigenvalue weighted by Crippen LogP contribution is -2.17. The fourth-order valence-electron chi connectivity index (χ4n) is 2.77. The molecule has 27 heavy (non-hydrogen) atoms. The Bertz CT molecular complexity index is 922. The SMILES string of the molecule is CCCn1cc(-c2ccnc(NC(=O)COC)c2)c(-c2ccc(F)cc2)n1. The number of ether oxygens (including phenoxy) is 1. The monoisotopic (exact) mass is 368 g/mol. The van der Waals surface area contributed by atoms with Crippen LogP contribution in [0.4, 0.5) is 10.2 Å². The molecule has 0 saturated heterocycles. The van der Waals surface area contributed by atoms with Crippen molar-refractivity contribution < 1.29 is 13.9 Å². The highest BCUT2D eigenvalue weighted by molar-refractivity contribution is 5.91. The van der Waals surface area contributed by atoms with Crippen LogP contribution in [0.5, 0.6) is 0 Å². The molecule has 0 atom stereocenters. The second-order valence-corrected chi connectivity index (χ2v) is 6.07. The first-order valence-electron chi connectivity index (χ1n) is 8.69. The first kappa shape index (κ1) is 18.7. The first-order valence-corrected chi connectivity index (χ1v) is 8.69. The molecule has 3 rings (SSSR count). The van der Waals surface area contributed by atoms with Gasteiger partial charge in [0, 0.05) is 37.2 Å². The van der Waals surface area contributed by atoms with Gasteiger partial charge in [-0.3, -0.25) is 9.48 Å². The topological polar surface area (TPSA) is 69.0 Å². The quantitative estimate of drug-likeness (QED) is 0.690. The first-order chi connectivity index (χ1) is 13.1. The van der Waals surface area contributed by atoms with Crippen LogP contribution in [-0.2, 0) is 16.1 Å². The van der Waals surface area contributed by atoms with Crippen LogP contribution >= 0.6 is 0 Å². The second-order valence-electron chi connectivity index (χ2n) is 6.07. The Labute approximate surface area is 157 Å². The van der Waals surface area contributed by atoms with Gasteiger partial charge in [-0.25, -0.2) is 9.37 Å². The smallest absolute Gasteiger partial charge is 0.251 e. The molecule has 6 nitrogen and oxygen atoms in total. The van der Waals surface area contributed by atoms with Crippen molar-refractivity contribution >= 4 is 11.7 Å². The molecule has 0 fully saturated rings. The summed E-state index contributed by atoms with van der Waals surface area (Å²) in [6, 6.07) is 9.89. The van der Waals surface area contributed by atoms with Gasteiger partial charge in [0.1, 0.15) is 23.9 Å². The lowest BCUT2D eigenvalue weighted by Gasteiger charge is -2.07. The number of carbonyl (C=O) groups is 1. The largest absolute Gasteiger partial charge is 0.375 e. The minimum Gasteiger partial charge on any atom is -0.375 e. The maximum absolute atomic E-state index is 13.3. The Balaban J connectivity index is 2.00. The predicted molar refractivity (Wildman–Crippen MR) is 102 cm³/mol. The van der Waals surface area contributed by atoms with Gasteiger partial charge in [-0.1, -0.05) is 6.92 Å². The standard InChI is InChI=1S/C20H21FN4O2/c1-3-10-25-12-17(20(24-25)14-4-6-16(21)7-5-14)15-8-9-22-18(11-15)23-19(26)13-27-2/h4-9,11-12H,3,10,13H2,1-2H3,(H,22,23,26). The van der Waals surface area contributed by atoms with Crippen LogP contribution in [0.1, 0.15) is 13.3 Å². The van der Waals surface area contributed by atoms with Gasteiger partial charge in [-0.05, 0) is 48.4 Å². The molecule has 0 spiro atoms. The molecule has 0 bridgehead atoms. The number of anilines is 1. The molecule has 1 aromatic carbocycles. The van der Waals surface area contributed by atoms with E-state index >= 15 is 0 Å². The number of benzene rings is 1. The number of nitrogens with one attached hydrogen (secondary N) is 1. The average Bonchev–Trinajstić information content (AvgIpc) is 3.07. The molecule has 0 radical (unpaired) electrons. The molecule has 1 amide bonds. The molecule has 3 aromatic rings. The van der Waals surface area contributed by atoms with Crippen molar-refractivity contribution in [1.82, 2.24) is 14.8 Å². The predicted octanol–water partition coefficient (Wildman–Crippen LogP) is 3.75. The van der Waals surface area contributed by atoms with Crippen LogP contribution in [-0.4, -0.2) is 34.4 Å². The van der Waals surface area contributed by atoms with Crippen LogP contribution in [0.25, 0.3) is 22.4 Å². The van der Waals surface area contributed by atoms with Crippen LogP contribution in [0.2, 0.25) is 0 Å². The molecule has 2 heterocycles. The van der Waals surface area contributed by atoms with Gasteiger partial charge >= 0.3 is 0 Å². The van der Waals surface area contributed by atoms with E-state index in [0.717, 1.165) is 35.3 Å². The lowest BCUT2D eigenvalue weighted by atomic mass is 10.0. The number of methoxy groups -OCH3 is 1. The third kappa shape index (κ3) is 4.57. The van der Waals surface area contributed by atoms with Gasteiger partial charge in [0.2, 0.25) is 0 Å². The van der Waals surface area contributed by atoms with E-state index in [1.165, 1.54) is 19.2 Å². The number of carbonyl (C=O) groups excluding carboxylic acids is 1. The summed E-state index contributed by atoms with van der Waals surface area (Å²) in [7, 11) is 1.46. The van der Waals surface area contributed by atoms with Crippen LogP contribution < -0.4 is 5.32 Å². The summed E-state index contributed by atoms with van der Waals surface area (Å²) in [5, 5.41) is 7.36. The normalized spacial score (nSPS) is 10.8. The van der Waals surface area contributed by atoms with Gasteiger partial charge in [0.15, 0.2) is 0 Å². The maximum atomic E-state index is 13.3. The van der Waals surface area contributed by atoms with Crippen molar-refractivity contribution in [1.29, 1.82) is 0 Å². The van der Waals surface area contributed by atoms with Gasteiger partial charge in [0.25, 0.3) is 5.91 Å². The molecule has 7 heteroatoms. The zero-order valence-electron chi connectivity index (χ0n) is 15.3. The highest BCUT2D eigenvalue weighted by Crippen LogP contribution is 2.32. The summed E-state index contributed by atoms with van der Waals surface area (Å²) in [5.41, 5.74) is 3.32. The number of hydrogen-bond donors (Lipinski definition) is 1. The van der Waals surface area contributed by atoms with E-state index in [-0.39, 0.29) is 18.3 Å². The molecule has 0 aliphatic rings. The number of hydrogen-bond acceptors (Lipinski definition) is 4.